The standard InChI is InChI=1S/C19H19Cl3N2O2/c1-19(2,3)24(18(26)15-10-9-14(21)11-16(15)22)23(4)17(25)12-5-7-13(20)8-6-12/h5-11H,1-4H3. The largest absolute Gasteiger partial charge is 0.274 e. The summed E-state index contributed by atoms with van der Waals surface area (Å²) < 4.78 is 0. The molecule has 2 aromatic rings. The molecule has 0 unspecified atom stereocenters. The summed E-state index contributed by atoms with van der Waals surface area (Å²) in [6, 6.07) is 11.1. The van der Waals surface area contributed by atoms with Gasteiger partial charge in [-0.25, -0.2) is 10.0 Å². The number of hydrogen-bond donors (Lipinski definition) is 0. The number of amides is 2. The predicted molar refractivity (Wildman–Crippen MR) is 106 cm³/mol. The summed E-state index contributed by atoms with van der Waals surface area (Å²) in [5.41, 5.74) is 0.0135. The van der Waals surface area contributed by atoms with Crippen LogP contribution in [0.5, 0.6) is 0 Å². The molecule has 0 radical (unpaired) electrons. The molecule has 0 aliphatic rings. The van der Waals surface area contributed by atoms with E-state index in [4.69, 9.17) is 34.8 Å². The maximum absolute atomic E-state index is 13.1. The van der Waals surface area contributed by atoms with Crippen LogP contribution in [0.1, 0.15) is 41.5 Å². The number of hydrogen-bond acceptors (Lipinski definition) is 2. The third-order valence-electron chi connectivity index (χ3n) is 3.67. The Morgan fingerprint density at radius 2 is 1.38 bits per heavy atom. The molecule has 0 N–H and O–H groups in total. The fraction of sp³-hybridized carbons (Fsp3) is 0.263. The van der Waals surface area contributed by atoms with Crippen molar-refractivity contribution in [3.8, 4) is 0 Å². The summed E-state index contributed by atoms with van der Waals surface area (Å²) in [5.74, 6) is -0.737. The van der Waals surface area contributed by atoms with E-state index in [1.165, 1.54) is 16.1 Å². The molecule has 0 aromatic heterocycles. The molecule has 0 heterocycles. The Morgan fingerprint density at radius 1 is 0.846 bits per heavy atom. The zero-order valence-corrected chi connectivity index (χ0v) is 17.2. The molecule has 0 bridgehead atoms. The van der Waals surface area contributed by atoms with E-state index < -0.39 is 11.4 Å². The molecule has 2 rings (SSSR count). The van der Waals surface area contributed by atoms with Crippen LogP contribution >= 0.6 is 34.8 Å². The molecule has 0 saturated carbocycles. The first-order valence-corrected chi connectivity index (χ1v) is 8.99. The van der Waals surface area contributed by atoms with Gasteiger partial charge in [-0.2, -0.15) is 0 Å². The molecule has 138 valence electrons. The highest BCUT2D eigenvalue weighted by atomic mass is 35.5. The van der Waals surface area contributed by atoms with Crippen molar-refractivity contribution in [2.75, 3.05) is 7.05 Å². The monoisotopic (exact) mass is 412 g/mol. The summed E-state index contributed by atoms with van der Waals surface area (Å²) >= 11 is 18.0. The molecule has 0 saturated heterocycles. The summed E-state index contributed by atoms with van der Waals surface area (Å²) in [6.45, 7) is 5.50. The predicted octanol–water partition coefficient (Wildman–Crippen LogP) is 5.57. The molecule has 0 spiro atoms. The number of carbonyl (C=O) groups is 2. The fourth-order valence-corrected chi connectivity index (χ4v) is 3.15. The van der Waals surface area contributed by atoms with Gasteiger partial charge in [0.15, 0.2) is 0 Å². The van der Waals surface area contributed by atoms with Crippen LogP contribution in [0.25, 0.3) is 0 Å². The van der Waals surface area contributed by atoms with Gasteiger partial charge in [-0.3, -0.25) is 9.59 Å². The number of halogens is 3. The molecule has 26 heavy (non-hydrogen) atoms. The number of hydrazine groups is 1. The van der Waals surface area contributed by atoms with E-state index in [1.807, 2.05) is 20.8 Å². The van der Waals surface area contributed by atoms with Gasteiger partial charge >= 0.3 is 0 Å². The number of nitrogens with zero attached hydrogens (tertiary/aromatic N) is 2. The molecule has 2 aromatic carbocycles. The minimum absolute atomic E-state index is 0.226. The van der Waals surface area contributed by atoms with E-state index in [-0.39, 0.29) is 16.5 Å². The van der Waals surface area contributed by atoms with Gasteiger partial charge in [0.1, 0.15) is 0 Å². The normalized spacial score (nSPS) is 11.2. The van der Waals surface area contributed by atoms with Crippen molar-refractivity contribution < 1.29 is 9.59 Å². The highest BCUT2D eigenvalue weighted by Crippen LogP contribution is 2.27. The van der Waals surface area contributed by atoms with Gasteiger partial charge in [0.25, 0.3) is 11.8 Å². The lowest BCUT2D eigenvalue weighted by Crippen LogP contribution is -2.56. The SMILES string of the molecule is CN(C(=O)c1ccc(Cl)cc1)N(C(=O)c1ccc(Cl)cc1Cl)C(C)(C)C. The lowest BCUT2D eigenvalue weighted by atomic mass is 10.1. The first kappa shape index (κ1) is 20.6. The smallest absolute Gasteiger partial charge is 0.267 e. The lowest BCUT2D eigenvalue weighted by Gasteiger charge is -2.41. The number of carbonyl (C=O) groups excluding carboxylic acids is 2. The minimum Gasteiger partial charge on any atom is -0.267 e. The zero-order valence-electron chi connectivity index (χ0n) is 14.9. The molecular weight excluding hydrogens is 395 g/mol. The molecule has 0 atom stereocenters. The van der Waals surface area contributed by atoms with Crippen LogP contribution in [0.3, 0.4) is 0 Å². The molecule has 7 heteroatoms. The van der Waals surface area contributed by atoms with E-state index in [1.54, 1.807) is 43.4 Å². The average molecular weight is 414 g/mol. The van der Waals surface area contributed by atoms with Crippen molar-refractivity contribution in [2.24, 2.45) is 0 Å². The van der Waals surface area contributed by atoms with Gasteiger partial charge in [0.2, 0.25) is 0 Å². The Balaban J connectivity index is 2.42. The van der Waals surface area contributed by atoms with Crippen molar-refractivity contribution in [2.45, 2.75) is 26.3 Å². The molecule has 0 aliphatic heterocycles. The van der Waals surface area contributed by atoms with E-state index in [2.05, 4.69) is 0 Å². The molecule has 2 amide bonds. The van der Waals surface area contributed by atoms with Gasteiger partial charge in [-0.15, -0.1) is 0 Å². The Labute approximate surface area is 168 Å². The molecule has 4 nitrogen and oxygen atoms in total. The van der Waals surface area contributed by atoms with E-state index in [0.29, 0.717) is 15.6 Å². The van der Waals surface area contributed by atoms with Crippen LogP contribution in [-0.4, -0.2) is 34.4 Å². The zero-order chi connectivity index (χ0) is 19.6. The fourth-order valence-electron chi connectivity index (χ4n) is 2.54. The van der Waals surface area contributed by atoms with Crippen molar-refractivity contribution in [3.05, 3.63) is 68.7 Å². The molecular formula is C19H19Cl3N2O2. The van der Waals surface area contributed by atoms with Crippen LogP contribution in [0.15, 0.2) is 42.5 Å². The summed E-state index contributed by atoms with van der Waals surface area (Å²) in [5, 5.41) is 3.85. The van der Waals surface area contributed by atoms with Crippen LogP contribution in [0, 0.1) is 0 Å². The second kappa shape index (κ2) is 7.87. The summed E-state index contributed by atoms with van der Waals surface area (Å²) in [6.07, 6.45) is 0. The molecule has 0 aliphatic carbocycles. The Morgan fingerprint density at radius 3 is 1.88 bits per heavy atom. The van der Waals surface area contributed by atoms with E-state index >= 15 is 0 Å². The Bertz CT molecular complexity index is 830. The Kier molecular flexibility index (Phi) is 6.22. The topological polar surface area (TPSA) is 40.6 Å². The highest BCUT2D eigenvalue weighted by molar-refractivity contribution is 6.36. The summed E-state index contributed by atoms with van der Waals surface area (Å²) in [4.78, 5) is 26.0. The van der Waals surface area contributed by atoms with Crippen LogP contribution < -0.4 is 0 Å². The first-order chi connectivity index (χ1) is 12.0. The van der Waals surface area contributed by atoms with Gasteiger partial charge in [-0.05, 0) is 63.2 Å². The van der Waals surface area contributed by atoms with Crippen LogP contribution in [-0.2, 0) is 0 Å². The number of rotatable bonds is 2. The van der Waals surface area contributed by atoms with Crippen molar-refractivity contribution in [1.82, 2.24) is 10.0 Å². The third-order valence-corrected chi connectivity index (χ3v) is 4.47. The van der Waals surface area contributed by atoms with Crippen LogP contribution in [0.2, 0.25) is 15.1 Å². The lowest BCUT2D eigenvalue weighted by molar-refractivity contribution is -0.0307. The quantitative estimate of drug-likeness (QED) is 0.603. The number of benzene rings is 2. The van der Waals surface area contributed by atoms with Crippen molar-refractivity contribution >= 4 is 46.6 Å². The van der Waals surface area contributed by atoms with Gasteiger partial charge < -0.3 is 0 Å². The molecule has 0 fully saturated rings. The second-order valence-electron chi connectivity index (χ2n) is 6.75. The van der Waals surface area contributed by atoms with Crippen molar-refractivity contribution in [1.29, 1.82) is 0 Å². The third kappa shape index (κ3) is 4.50. The van der Waals surface area contributed by atoms with Crippen LogP contribution in [0.4, 0.5) is 0 Å². The maximum Gasteiger partial charge on any atom is 0.274 e. The van der Waals surface area contributed by atoms with Gasteiger partial charge in [0, 0.05) is 22.7 Å². The average Bonchev–Trinajstić information content (AvgIpc) is 2.53. The second-order valence-corrected chi connectivity index (χ2v) is 8.03. The van der Waals surface area contributed by atoms with Gasteiger partial charge in [-0.1, -0.05) is 34.8 Å². The maximum atomic E-state index is 13.1. The van der Waals surface area contributed by atoms with E-state index in [0.717, 1.165) is 0 Å². The first-order valence-electron chi connectivity index (χ1n) is 7.85. The van der Waals surface area contributed by atoms with Crippen molar-refractivity contribution in [3.63, 3.8) is 0 Å². The highest BCUT2D eigenvalue weighted by Gasteiger charge is 2.34. The minimum atomic E-state index is -0.670. The Hall–Kier alpha value is -1.75. The van der Waals surface area contributed by atoms with Gasteiger partial charge in [0.05, 0.1) is 16.1 Å². The van der Waals surface area contributed by atoms with E-state index in [9.17, 15) is 9.59 Å². The summed E-state index contributed by atoms with van der Waals surface area (Å²) in [7, 11) is 1.55.